The Balaban J connectivity index is 1.43. The lowest BCUT2D eigenvalue weighted by molar-refractivity contribution is -0.120. The molecule has 0 radical (unpaired) electrons. The summed E-state index contributed by atoms with van der Waals surface area (Å²) >= 11 is 13.3. The molecule has 1 aliphatic rings. The van der Waals surface area contributed by atoms with Crippen LogP contribution in [0.25, 0.3) is 10.6 Å². The maximum Gasteiger partial charge on any atom is 0.252 e. The fraction of sp³-hybridized carbons (Fsp3) is 0.294. The lowest BCUT2D eigenvalue weighted by Crippen LogP contribution is -2.43. The smallest absolute Gasteiger partial charge is 0.252 e. The molecule has 4 heterocycles. The lowest BCUT2D eigenvalue weighted by atomic mass is 9.99. The fourth-order valence-corrected chi connectivity index (χ4v) is 8.34. The Morgan fingerprint density at radius 3 is 2.79 bits per heavy atom. The van der Waals surface area contributed by atoms with Crippen LogP contribution in [0.5, 0.6) is 0 Å². The summed E-state index contributed by atoms with van der Waals surface area (Å²) in [6.07, 6.45) is 1.27. The van der Waals surface area contributed by atoms with E-state index in [0.717, 1.165) is 25.7 Å². The van der Waals surface area contributed by atoms with Crippen molar-refractivity contribution in [3.63, 3.8) is 0 Å². The molecule has 0 aliphatic carbocycles. The number of sulfonamides is 1. The van der Waals surface area contributed by atoms with Gasteiger partial charge in [-0.25, -0.2) is 13.4 Å². The van der Waals surface area contributed by atoms with Gasteiger partial charge in [-0.3, -0.25) is 4.79 Å². The Morgan fingerprint density at radius 2 is 2.10 bits per heavy atom. The summed E-state index contributed by atoms with van der Waals surface area (Å²) in [6.45, 7) is 0.552. The molecule has 0 saturated carbocycles. The first-order valence-electron chi connectivity index (χ1n) is 8.60. The third-order valence-electron chi connectivity index (χ3n) is 4.46. The van der Waals surface area contributed by atoms with Gasteiger partial charge in [0.15, 0.2) is 5.13 Å². The highest BCUT2D eigenvalue weighted by atomic mass is 79.9. The Bertz CT molecular complexity index is 1140. The van der Waals surface area contributed by atoms with Gasteiger partial charge in [0.25, 0.3) is 10.0 Å². The third kappa shape index (κ3) is 4.76. The highest BCUT2D eigenvalue weighted by molar-refractivity contribution is 9.11. The Hall–Kier alpha value is -0.820. The van der Waals surface area contributed by atoms with Gasteiger partial charge in [0.05, 0.1) is 24.6 Å². The second-order valence-corrected chi connectivity index (χ2v) is 13.6. The molecular weight excluding hydrogens is 538 g/mol. The minimum Gasteiger partial charge on any atom is -0.302 e. The van der Waals surface area contributed by atoms with E-state index in [9.17, 15) is 13.2 Å². The largest absolute Gasteiger partial charge is 0.302 e. The zero-order chi connectivity index (χ0) is 20.6. The molecule has 1 unspecified atom stereocenters. The van der Waals surface area contributed by atoms with Gasteiger partial charge >= 0.3 is 0 Å². The van der Waals surface area contributed by atoms with E-state index in [1.54, 1.807) is 17.4 Å². The first-order valence-corrected chi connectivity index (χ1v) is 13.7. The summed E-state index contributed by atoms with van der Waals surface area (Å²) < 4.78 is 28.7. The number of hydrogen-bond acceptors (Lipinski definition) is 7. The molecule has 0 spiro atoms. The van der Waals surface area contributed by atoms with E-state index in [4.69, 9.17) is 11.6 Å². The number of amides is 1. The number of thiophene rings is 2. The summed E-state index contributed by atoms with van der Waals surface area (Å²) in [4.78, 5) is 18.2. The average molecular weight is 553 g/mol. The normalized spacial score (nSPS) is 18.1. The van der Waals surface area contributed by atoms with Crippen molar-refractivity contribution in [2.45, 2.75) is 17.1 Å². The number of nitrogens with zero attached hydrogens (tertiary/aromatic N) is 2. The van der Waals surface area contributed by atoms with Crippen molar-refractivity contribution in [1.82, 2.24) is 9.29 Å². The maximum absolute atomic E-state index is 12.8. The van der Waals surface area contributed by atoms with Crippen molar-refractivity contribution in [3.05, 3.63) is 37.8 Å². The minimum absolute atomic E-state index is 0.153. The molecule has 1 amide bonds. The van der Waals surface area contributed by atoms with Crippen molar-refractivity contribution >= 4 is 82.6 Å². The molecule has 4 rings (SSSR count). The van der Waals surface area contributed by atoms with Gasteiger partial charge in [0.1, 0.15) is 4.21 Å². The SMILES string of the molecule is O=C(Nc1nc(-c2ccc(Br)s2)cs1)C1CCCN(S(=O)(=O)c2ccc(Cl)s2)C1. The molecule has 6 nitrogen and oxygen atoms in total. The Morgan fingerprint density at radius 1 is 1.28 bits per heavy atom. The molecule has 12 heteroatoms. The number of thiazole rings is 1. The second-order valence-electron chi connectivity index (χ2n) is 6.39. The number of nitrogens with one attached hydrogen (secondary N) is 1. The number of rotatable bonds is 5. The standard InChI is InChI=1S/C17H15BrClN3O3S4/c18-13-4-3-12(27-13)11-9-26-17(20-11)21-16(23)10-2-1-7-22(8-10)29(24,25)15-6-5-14(19)28-15/h3-6,9-10H,1-2,7-8H2,(H,20,21,23). The number of carbonyl (C=O) groups is 1. The predicted molar refractivity (Wildman–Crippen MR) is 123 cm³/mol. The summed E-state index contributed by atoms with van der Waals surface area (Å²) in [5, 5.41) is 5.25. The minimum atomic E-state index is -3.64. The number of carbonyl (C=O) groups excluding carboxylic acids is 1. The monoisotopic (exact) mass is 551 g/mol. The highest BCUT2D eigenvalue weighted by Crippen LogP contribution is 2.34. The molecule has 1 N–H and O–H groups in total. The van der Waals surface area contributed by atoms with E-state index < -0.39 is 15.9 Å². The van der Waals surface area contributed by atoms with Crippen LogP contribution in [-0.2, 0) is 14.8 Å². The van der Waals surface area contributed by atoms with Crippen LogP contribution in [-0.4, -0.2) is 36.7 Å². The summed E-state index contributed by atoms with van der Waals surface area (Å²) in [7, 11) is -3.64. The summed E-state index contributed by atoms with van der Waals surface area (Å²) in [5.41, 5.74) is 0.809. The quantitative estimate of drug-likeness (QED) is 0.460. The van der Waals surface area contributed by atoms with Crippen LogP contribution in [0.3, 0.4) is 0 Å². The number of hydrogen-bond donors (Lipinski definition) is 1. The molecule has 29 heavy (non-hydrogen) atoms. The molecule has 1 aliphatic heterocycles. The molecule has 154 valence electrons. The van der Waals surface area contributed by atoms with E-state index in [1.807, 2.05) is 17.5 Å². The van der Waals surface area contributed by atoms with Crippen molar-refractivity contribution < 1.29 is 13.2 Å². The van der Waals surface area contributed by atoms with Crippen LogP contribution in [0.4, 0.5) is 5.13 Å². The molecule has 3 aromatic rings. The van der Waals surface area contributed by atoms with Gasteiger partial charge in [-0.2, -0.15) is 4.31 Å². The van der Waals surface area contributed by atoms with Gasteiger partial charge < -0.3 is 5.32 Å². The van der Waals surface area contributed by atoms with E-state index >= 15 is 0 Å². The van der Waals surface area contributed by atoms with Crippen molar-refractivity contribution in [2.75, 3.05) is 18.4 Å². The zero-order valence-corrected chi connectivity index (χ0v) is 20.4. The van der Waals surface area contributed by atoms with E-state index in [-0.39, 0.29) is 16.7 Å². The van der Waals surface area contributed by atoms with E-state index in [0.29, 0.717) is 28.9 Å². The van der Waals surface area contributed by atoms with Crippen LogP contribution in [0.2, 0.25) is 4.34 Å². The molecule has 1 atom stereocenters. The number of anilines is 1. The van der Waals surface area contributed by atoms with Gasteiger partial charge in [0, 0.05) is 18.5 Å². The lowest BCUT2D eigenvalue weighted by Gasteiger charge is -2.30. The molecule has 3 aromatic heterocycles. The van der Waals surface area contributed by atoms with Gasteiger partial charge in [0.2, 0.25) is 5.91 Å². The zero-order valence-electron chi connectivity index (χ0n) is 14.8. The van der Waals surface area contributed by atoms with Crippen molar-refractivity contribution in [1.29, 1.82) is 0 Å². The highest BCUT2D eigenvalue weighted by Gasteiger charge is 2.34. The maximum atomic E-state index is 12.8. The molecule has 1 saturated heterocycles. The molecular formula is C17H15BrClN3O3S4. The van der Waals surface area contributed by atoms with Crippen molar-refractivity contribution in [2.24, 2.45) is 5.92 Å². The second kappa shape index (κ2) is 8.74. The van der Waals surface area contributed by atoms with Crippen LogP contribution in [0.1, 0.15) is 12.8 Å². The summed E-state index contributed by atoms with van der Waals surface area (Å²) in [5.74, 6) is -0.625. The fourth-order valence-electron chi connectivity index (χ4n) is 3.04. The van der Waals surface area contributed by atoms with Crippen molar-refractivity contribution in [3.8, 4) is 10.6 Å². The number of halogens is 2. The summed E-state index contributed by atoms with van der Waals surface area (Å²) in [6, 6.07) is 7.00. The van der Waals surface area contributed by atoms with Gasteiger partial charge in [-0.05, 0) is 53.0 Å². The van der Waals surface area contributed by atoms with Crippen LogP contribution < -0.4 is 5.32 Å². The van der Waals surface area contributed by atoms with Crippen LogP contribution in [0, 0.1) is 5.92 Å². The van der Waals surface area contributed by atoms with Crippen LogP contribution in [0.15, 0.2) is 37.6 Å². The topological polar surface area (TPSA) is 79.4 Å². The molecule has 0 bridgehead atoms. The molecule has 1 fully saturated rings. The Labute approximate surface area is 193 Å². The first kappa shape index (κ1) is 21.4. The molecule has 0 aromatic carbocycles. The third-order valence-corrected chi connectivity index (χ3v) is 10.4. The van der Waals surface area contributed by atoms with E-state index in [1.165, 1.54) is 21.7 Å². The van der Waals surface area contributed by atoms with Gasteiger partial charge in [-0.15, -0.1) is 34.0 Å². The van der Waals surface area contributed by atoms with Gasteiger partial charge in [-0.1, -0.05) is 11.6 Å². The Kier molecular flexibility index (Phi) is 6.45. The number of aromatic nitrogens is 1. The first-order chi connectivity index (χ1) is 13.8. The van der Waals surface area contributed by atoms with Crippen LogP contribution >= 0.6 is 61.5 Å². The average Bonchev–Trinajstić information content (AvgIpc) is 3.43. The van der Waals surface area contributed by atoms with E-state index in [2.05, 4.69) is 26.2 Å². The number of piperidine rings is 1. The predicted octanol–water partition coefficient (Wildman–Crippen LogP) is 5.39.